The van der Waals surface area contributed by atoms with E-state index in [-0.39, 0.29) is 61.2 Å². The molecule has 1 heterocycles. The Hall–Kier alpha value is -0.710. The lowest BCUT2D eigenvalue weighted by molar-refractivity contribution is -0.300. The summed E-state index contributed by atoms with van der Waals surface area (Å²) in [6.45, 7) is 9.97. The predicted octanol–water partition coefficient (Wildman–Crippen LogP) is 1.81. The van der Waals surface area contributed by atoms with Crippen molar-refractivity contribution >= 4 is 10.4 Å². The molecule has 0 aromatic carbocycles. The van der Waals surface area contributed by atoms with Crippen LogP contribution in [0.25, 0.3) is 0 Å². The average Bonchev–Trinajstić information content (AvgIpc) is 3.24. The van der Waals surface area contributed by atoms with Crippen molar-refractivity contribution in [3.05, 3.63) is 12.2 Å². The minimum absolute atomic E-state index is 0.0122. The highest BCUT2D eigenvalue weighted by Gasteiger charge is 2.70. The predicted molar refractivity (Wildman–Crippen MR) is 166 cm³/mol. The summed E-state index contributed by atoms with van der Waals surface area (Å²) >= 11 is 0. The second-order valence-electron chi connectivity index (χ2n) is 16.0. The molecule has 7 N–H and O–H groups in total. The summed E-state index contributed by atoms with van der Waals surface area (Å²) in [5.41, 5.74) is -2.07. The first kappa shape index (κ1) is 36.6. The van der Waals surface area contributed by atoms with Gasteiger partial charge in [-0.25, -0.2) is 4.18 Å². The molecule has 12 nitrogen and oxygen atoms in total. The molecule has 266 valence electrons. The molecule has 1 saturated heterocycles. The molecule has 13 heteroatoms. The third-order valence-electron chi connectivity index (χ3n) is 13.1. The minimum Gasteiger partial charge on any atom is -0.393 e. The molecule has 0 radical (unpaired) electrons. The van der Waals surface area contributed by atoms with Crippen molar-refractivity contribution in [3.8, 4) is 0 Å². The molecule has 16 atom stereocenters. The fourth-order valence-electron chi connectivity index (χ4n) is 10.6. The van der Waals surface area contributed by atoms with Gasteiger partial charge in [0.2, 0.25) is 0 Å². The SMILES string of the molecule is CC(C)[C@@H](/C=C/[C@@H](C)[C@H]1C[C@H](O)[C@@H]2[C@]1(C)CC[C@@H]1[C@@]3(C)CC[C@H](O[C@@H]4OC[C@@H](O)C(O)[C@@H]4O)C[C@@H]3[C@H](O)C[C@]12O)COS(=O)(=O)O. The van der Waals surface area contributed by atoms with Crippen LogP contribution in [0.1, 0.15) is 79.6 Å². The second-order valence-corrected chi connectivity index (χ2v) is 17.1. The third kappa shape index (κ3) is 6.60. The molecule has 5 rings (SSSR count). The van der Waals surface area contributed by atoms with E-state index in [1.807, 2.05) is 26.0 Å². The lowest BCUT2D eigenvalue weighted by atomic mass is 9.42. The zero-order chi connectivity index (χ0) is 34.0. The summed E-state index contributed by atoms with van der Waals surface area (Å²) in [5, 5.41) is 66.2. The molecule has 4 aliphatic carbocycles. The molecule has 1 aliphatic heterocycles. The van der Waals surface area contributed by atoms with E-state index >= 15 is 0 Å². The first-order valence-corrected chi connectivity index (χ1v) is 18.4. The number of ether oxygens (including phenoxy) is 2. The molecule has 0 bridgehead atoms. The van der Waals surface area contributed by atoms with Gasteiger partial charge in [-0.2, -0.15) is 8.42 Å². The highest BCUT2D eigenvalue weighted by Crippen LogP contribution is 2.69. The van der Waals surface area contributed by atoms with Crippen LogP contribution in [0.2, 0.25) is 0 Å². The number of hydrogen-bond acceptors (Lipinski definition) is 11. The molecular formula is C33H56O12S. The van der Waals surface area contributed by atoms with Crippen LogP contribution in [0, 0.1) is 52.3 Å². The molecular weight excluding hydrogens is 620 g/mol. The lowest BCUT2D eigenvalue weighted by Crippen LogP contribution is -2.68. The monoisotopic (exact) mass is 676 g/mol. The highest BCUT2D eigenvalue weighted by molar-refractivity contribution is 7.80. The van der Waals surface area contributed by atoms with Gasteiger partial charge in [-0.3, -0.25) is 4.55 Å². The van der Waals surface area contributed by atoms with Gasteiger partial charge >= 0.3 is 10.4 Å². The summed E-state index contributed by atoms with van der Waals surface area (Å²) in [7, 11) is -4.55. The van der Waals surface area contributed by atoms with Crippen molar-refractivity contribution in [2.75, 3.05) is 13.2 Å². The van der Waals surface area contributed by atoms with Crippen LogP contribution in [0.4, 0.5) is 0 Å². The van der Waals surface area contributed by atoms with Crippen molar-refractivity contribution in [1.29, 1.82) is 0 Å². The van der Waals surface area contributed by atoms with E-state index in [1.54, 1.807) is 0 Å². The Bertz CT molecular complexity index is 1210. The van der Waals surface area contributed by atoms with E-state index in [4.69, 9.17) is 14.0 Å². The fraction of sp³-hybridized carbons (Fsp3) is 0.939. The number of aliphatic hydroxyl groups excluding tert-OH is 5. The molecule has 1 unspecified atom stereocenters. The second kappa shape index (κ2) is 13.2. The number of rotatable bonds is 9. The van der Waals surface area contributed by atoms with Crippen LogP contribution in [0.3, 0.4) is 0 Å². The van der Waals surface area contributed by atoms with Crippen molar-refractivity contribution in [1.82, 2.24) is 0 Å². The Morgan fingerprint density at radius 2 is 1.59 bits per heavy atom. The molecule has 5 aliphatic rings. The van der Waals surface area contributed by atoms with Gasteiger partial charge in [0.15, 0.2) is 6.29 Å². The van der Waals surface area contributed by atoms with Crippen molar-refractivity contribution in [3.63, 3.8) is 0 Å². The number of hydrogen-bond donors (Lipinski definition) is 7. The largest absolute Gasteiger partial charge is 0.397 e. The van der Waals surface area contributed by atoms with Crippen LogP contribution in [-0.4, -0.2) is 105 Å². The van der Waals surface area contributed by atoms with Gasteiger partial charge < -0.3 is 40.1 Å². The van der Waals surface area contributed by atoms with Gasteiger partial charge in [0.25, 0.3) is 0 Å². The standard InChI is InChI=1S/C33H56O12S/c1-17(2)19(15-44-46(40,41)42)7-6-18(3)21-13-23(34)29-32(21,5)11-9-26-31(4)10-8-20(12-22(31)24(35)14-33(26,29)39)45-30-28(38)27(37)25(36)16-43-30/h6-7,17-30,34-39H,8-16H2,1-5H3,(H,40,41,42)/b7-6+/t18-,19+,20+,21-,22-,23+,24-,25-,26-,27?,28+,29-,30+,31+,32-,33+/m1/s1. The van der Waals surface area contributed by atoms with Crippen LogP contribution in [-0.2, 0) is 24.1 Å². The van der Waals surface area contributed by atoms with Crippen molar-refractivity contribution < 1.29 is 57.3 Å². The van der Waals surface area contributed by atoms with Gasteiger partial charge in [0.05, 0.1) is 37.1 Å². The van der Waals surface area contributed by atoms with E-state index in [9.17, 15) is 39.1 Å². The normalized spacial score (nSPS) is 49.4. The zero-order valence-corrected chi connectivity index (χ0v) is 28.5. The van der Waals surface area contributed by atoms with E-state index in [0.29, 0.717) is 25.7 Å². The van der Waals surface area contributed by atoms with E-state index in [0.717, 1.165) is 12.8 Å². The Morgan fingerprint density at radius 3 is 2.24 bits per heavy atom. The summed E-state index contributed by atoms with van der Waals surface area (Å²) in [5.74, 6) is -0.854. The summed E-state index contributed by atoms with van der Waals surface area (Å²) in [6, 6.07) is 0. The molecule has 0 amide bonds. The maximum Gasteiger partial charge on any atom is 0.397 e. The first-order valence-electron chi connectivity index (χ1n) is 17.0. The number of aliphatic hydroxyl groups is 6. The van der Waals surface area contributed by atoms with Gasteiger partial charge in [-0.05, 0) is 78.9 Å². The van der Waals surface area contributed by atoms with Gasteiger partial charge in [0, 0.05) is 18.3 Å². The van der Waals surface area contributed by atoms with E-state index in [1.165, 1.54) is 0 Å². The average molecular weight is 677 g/mol. The van der Waals surface area contributed by atoms with E-state index < -0.39 is 69.6 Å². The lowest BCUT2D eigenvalue weighted by Gasteiger charge is -2.66. The Labute approximate surface area is 273 Å². The Balaban J connectivity index is 1.31. The van der Waals surface area contributed by atoms with E-state index in [2.05, 4.69) is 25.0 Å². The first-order chi connectivity index (χ1) is 21.3. The quantitative estimate of drug-likeness (QED) is 0.106. The smallest absolute Gasteiger partial charge is 0.393 e. The molecule has 46 heavy (non-hydrogen) atoms. The van der Waals surface area contributed by atoms with Gasteiger partial charge in [0.1, 0.15) is 18.3 Å². The maximum atomic E-state index is 12.7. The van der Waals surface area contributed by atoms with Crippen molar-refractivity contribution in [2.45, 2.75) is 128 Å². The summed E-state index contributed by atoms with van der Waals surface area (Å²) in [4.78, 5) is 0. The number of allylic oxidation sites excluding steroid dienone is 1. The molecule has 0 aromatic rings. The topological polar surface area (TPSA) is 203 Å². The Morgan fingerprint density at radius 1 is 0.913 bits per heavy atom. The Kier molecular flexibility index (Phi) is 10.5. The van der Waals surface area contributed by atoms with Crippen LogP contribution in [0.5, 0.6) is 0 Å². The highest BCUT2D eigenvalue weighted by atomic mass is 32.3. The zero-order valence-electron chi connectivity index (χ0n) is 27.7. The van der Waals surface area contributed by atoms with Crippen LogP contribution in [0.15, 0.2) is 12.2 Å². The summed E-state index contributed by atoms with van der Waals surface area (Å²) < 4.78 is 47.6. The number of fused-ring (bicyclic) bond motifs is 5. The van der Waals surface area contributed by atoms with Gasteiger partial charge in [-0.15, -0.1) is 0 Å². The third-order valence-corrected chi connectivity index (χ3v) is 13.5. The maximum absolute atomic E-state index is 12.7. The molecule has 4 saturated carbocycles. The molecule has 0 spiro atoms. The summed E-state index contributed by atoms with van der Waals surface area (Å²) in [6.07, 6.45) is 1.05. The molecule has 5 fully saturated rings. The molecule has 0 aromatic heterocycles. The van der Waals surface area contributed by atoms with Crippen LogP contribution < -0.4 is 0 Å². The van der Waals surface area contributed by atoms with Crippen molar-refractivity contribution in [2.24, 2.45) is 52.3 Å². The van der Waals surface area contributed by atoms with Gasteiger partial charge in [-0.1, -0.05) is 46.8 Å². The van der Waals surface area contributed by atoms with Crippen LogP contribution >= 0.6 is 0 Å². The fourth-order valence-corrected chi connectivity index (χ4v) is 11.0. The minimum atomic E-state index is -4.55.